The fourth-order valence-corrected chi connectivity index (χ4v) is 2.01. The zero-order valence-corrected chi connectivity index (χ0v) is 9.28. The molecule has 0 saturated heterocycles. The number of nitrogens with two attached hydrogens (primary N) is 1. The summed E-state index contributed by atoms with van der Waals surface area (Å²) in [5, 5.41) is 7.22. The van der Waals surface area contributed by atoms with Gasteiger partial charge in [0.15, 0.2) is 23.8 Å². The molecular formula is C9H7FN6S. The molecule has 3 aromatic rings. The zero-order valence-electron chi connectivity index (χ0n) is 8.46. The minimum Gasteiger partial charge on any atom is -0.382 e. The van der Waals surface area contributed by atoms with E-state index in [2.05, 4.69) is 20.2 Å². The lowest BCUT2D eigenvalue weighted by Gasteiger charge is -2.00. The van der Waals surface area contributed by atoms with Crippen molar-refractivity contribution in [2.45, 2.75) is 0 Å². The summed E-state index contributed by atoms with van der Waals surface area (Å²) in [5.74, 6) is 0.352. The second-order valence-corrected chi connectivity index (χ2v) is 3.89. The minimum absolute atomic E-state index is 0.0868. The van der Waals surface area contributed by atoms with Crippen molar-refractivity contribution in [3.05, 3.63) is 24.8 Å². The maximum Gasteiger partial charge on any atom is 0.171 e. The van der Waals surface area contributed by atoms with E-state index in [1.165, 1.54) is 10.3 Å². The molecule has 3 heterocycles. The first-order valence-corrected chi connectivity index (χ1v) is 5.39. The van der Waals surface area contributed by atoms with Gasteiger partial charge in [0.25, 0.3) is 0 Å². The lowest BCUT2D eigenvalue weighted by molar-refractivity contribution is 0.919. The first kappa shape index (κ1) is 10.1. The van der Waals surface area contributed by atoms with Gasteiger partial charge < -0.3 is 5.73 Å². The smallest absolute Gasteiger partial charge is 0.171 e. The molecule has 8 heteroatoms. The predicted molar refractivity (Wildman–Crippen MR) is 63.6 cm³/mol. The maximum absolute atomic E-state index is 12.6. The van der Waals surface area contributed by atoms with Gasteiger partial charge in [-0.05, 0) is 6.07 Å². The number of hydrogen-bond donors (Lipinski definition) is 2. The van der Waals surface area contributed by atoms with E-state index in [0.717, 1.165) is 5.39 Å². The first-order chi connectivity index (χ1) is 8.31. The fourth-order valence-electron chi connectivity index (χ4n) is 1.69. The average Bonchev–Trinajstić information content (AvgIpc) is 2.94. The van der Waals surface area contributed by atoms with Crippen molar-refractivity contribution in [3.63, 3.8) is 0 Å². The van der Waals surface area contributed by atoms with E-state index in [-0.39, 0.29) is 12.3 Å². The van der Waals surface area contributed by atoms with Gasteiger partial charge in [-0.1, -0.05) is 0 Å². The van der Waals surface area contributed by atoms with Crippen LogP contribution in [0.3, 0.4) is 0 Å². The molecular weight excluding hydrogens is 243 g/mol. The molecule has 0 fully saturated rings. The van der Waals surface area contributed by atoms with Crippen LogP contribution in [-0.2, 0) is 0 Å². The second-order valence-electron chi connectivity index (χ2n) is 3.35. The number of halogens is 1. The van der Waals surface area contributed by atoms with Gasteiger partial charge in [-0.3, -0.25) is 5.10 Å². The zero-order chi connectivity index (χ0) is 11.8. The van der Waals surface area contributed by atoms with Crippen LogP contribution >= 0.6 is 12.3 Å². The number of nitrogens with zero attached hydrogens (tertiary/aromatic N) is 4. The number of nitrogen functional groups attached to an aromatic ring is 1. The Morgan fingerprint density at radius 2 is 2.29 bits per heavy atom. The molecule has 86 valence electrons. The van der Waals surface area contributed by atoms with E-state index in [0.29, 0.717) is 22.7 Å². The Labute approximate surface area is 99.5 Å². The van der Waals surface area contributed by atoms with Gasteiger partial charge in [0.2, 0.25) is 0 Å². The molecule has 0 aliphatic rings. The van der Waals surface area contributed by atoms with Crippen molar-refractivity contribution in [2.75, 3.05) is 5.73 Å². The summed E-state index contributed by atoms with van der Waals surface area (Å²) in [7, 11) is 0. The minimum atomic E-state index is 0.0868. The molecule has 3 rings (SSSR count). The molecule has 0 unspecified atom stereocenters. The van der Waals surface area contributed by atoms with Crippen LogP contribution in [0.5, 0.6) is 0 Å². The molecule has 0 aliphatic carbocycles. The van der Waals surface area contributed by atoms with Crippen molar-refractivity contribution in [2.24, 2.45) is 0 Å². The molecule has 0 spiro atoms. The topological polar surface area (TPSA) is 85.4 Å². The fraction of sp³-hybridized carbons (Fsp3) is 0. The number of aromatic amines is 1. The number of anilines is 1. The molecule has 6 nitrogen and oxygen atoms in total. The van der Waals surface area contributed by atoms with E-state index < -0.39 is 0 Å². The Hall–Kier alpha value is -2.09. The van der Waals surface area contributed by atoms with Crippen LogP contribution in [0.4, 0.5) is 9.70 Å². The van der Waals surface area contributed by atoms with E-state index in [4.69, 9.17) is 5.73 Å². The number of hydrogen-bond acceptors (Lipinski definition) is 5. The molecule has 0 saturated carbocycles. The van der Waals surface area contributed by atoms with E-state index in [1.807, 2.05) is 0 Å². The monoisotopic (exact) mass is 250 g/mol. The Morgan fingerprint density at radius 3 is 3.00 bits per heavy atom. The van der Waals surface area contributed by atoms with Crippen molar-refractivity contribution in [1.29, 1.82) is 0 Å². The largest absolute Gasteiger partial charge is 0.382 e. The second kappa shape index (κ2) is 3.74. The highest BCUT2D eigenvalue weighted by atomic mass is 32.2. The SMILES string of the molecule is Nc1n[nH]cc1-c1ncnc2c1ccn2SF. The van der Waals surface area contributed by atoms with E-state index in [1.54, 1.807) is 18.5 Å². The summed E-state index contributed by atoms with van der Waals surface area (Å²) in [5.41, 5.74) is 7.53. The van der Waals surface area contributed by atoms with Crippen LogP contribution in [0.2, 0.25) is 0 Å². The third kappa shape index (κ3) is 1.45. The highest BCUT2D eigenvalue weighted by molar-refractivity contribution is 7.92. The normalized spacial score (nSPS) is 11.1. The van der Waals surface area contributed by atoms with Crippen LogP contribution < -0.4 is 5.73 Å². The van der Waals surface area contributed by atoms with Gasteiger partial charge in [-0.15, -0.1) is 3.89 Å². The summed E-state index contributed by atoms with van der Waals surface area (Å²) in [6, 6.07) is 1.74. The quantitative estimate of drug-likeness (QED) is 0.724. The summed E-state index contributed by atoms with van der Waals surface area (Å²) in [6.07, 6.45) is 4.61. The van der Waals surface area contributed by atoms with Gasteiger partial charge in [0, 0.05) is 17.8 Å². The molecule has 3 aromatic heterocycles. The number of aromatic nitrogens is 5. The number of nitrogens with one attached hydrogen (secondary N) is 1. The van der Waals surface area contributed by atoms with Gasteiger partial charge in [0.05, 0.1) is 11.3 Å². The predicted octanol–water partition coefficient (Wildman–Crippen LogP) is 1.78. The summed E-state index contributed by atoms with van der Waals surface area (Å²) in [6.45, 7) is 0. The summed E-state index contributed by atoms with van der Waals surface area (Å²) >= 11 is 0.0868. The standard InChI is InChI=1S/C9H7FN6S/c10-17-16-2-1-5-7(12-4-13-9(5)16)6-3-14-15-8(6)11/h1-4H,(H3,11,14,15). The molecule has 0 aromatic carbocycles. The molecule has 17 heavy (non-hydrogen) atoms. The molecule has 3 N–H and O–H groups in total. The third-order valence-electron chi connectivity index (χ3n) is 2.45. The third-order valence-corrected chi connectivity index (χ3v) is 2.89. The molecule has 0 atom stereocenters. The van der Waals surface area contributed by atoms with E-state index in [9.17, 15) is 3.89 Å². The molecule has 0 bridgehead atoms. The summed E-state index contributed by atoms with van der Waals surface area (Å²) in [4.78, 5) is 8.19. The highest BCUT2D eigenvalue weighted by Gasteiger charge is 2.13. The van der Waals surface area contributed by atoms with Crippen molar-refractivity contribution in [3.8, 4) is 11.3 Å². The van der Waals surface area contributed by atoms with E-state index >= 15 is 0 Å². The Kier molecular flexibility index (Phi) is 2.22. The van der Waals surface area contributed by atoms with Gasteiger partial charge >= 0.3 is 0 Å². The van der Waals surface area contributed by atoms with Gasteiger partial charge in [0.1, 0.15) is 6.33 Å². The lowest BCUT2D eigenvalue weighted by atomic mass is 10.2. The van der Waals surface area contributed by atoms with Crippen LogP contribution in [0.15, 0.2) is 24.8 Å². The molecule has 0 aliphatic heterocycles. The molecule has 0 amide bonds. The Morgan fingerprint density at radius 1 is 1.41 bits per heavy atom. The number of rotatable bonds is 2. The number of fused-ring (bicyclic) bond motifs is 1. The average molecular weight is 250 g/mol. The summed E-state index contributed by atoms with van der Waals surface area (Å²) < 4.78 is 13.9. The van der Waals surface area contributed by atoms with Crippen molar-refractivity contribution in [1.82, 2.24) is 24.1 Å². The Bertz CT molecular complexity index is 675. The number of H-pyrrole nitrogens is 1. The van der Waals surface area contributed by atoms with Crippen LogP contribution in [0.1, 0.15) is 0 Å². The van der Waals surface area contributed by atoms with Crippen molar-refractivity contribution >= 4 is 29.2 Å². The highest BCUT2D eigenvalue weighted by Crippen LogP contribution is 2.30. The molecule has 0 radical (unpaired) electrons. The van der Waals surface area contributed by atoms with Crippen molar-refractivity contribution < 1.29 is 3.89 Å². The van der Waals surface area contributed by atoms with Crippen LogP contribution in [-0.4, -0.2) is 24.1 Å². The van der Waals surface area contributed by atoms with Crippen LogP contribution in [0, 0.1) is 0 Å². The van der Waals surface area contributed by atoms with Crippen LogP contribution in [0.25, 0.3) is 22.3 Å². The first-order valence-electron chi connectivity index (χ1n) is 4.72. The van der Waals surface area contributed by atoms with Gasteiger partial charge in [-0.25, -0.2) is 13.9 Å². The maximum atomic E-state index is 12.6. The Balaban J connectivity index is 2.31. The lowest BCUT2D eigenvalue weighted by Crippen LogP contribution is -1.92. The van der Waals surface area contributed by atoms with Gasteiger partial charge in [-0.2, -0.15) is 5.10 Å².